The summed E-state index contributed by atoms with van der Waals surface area (Å²) in [6.45, 7) is 1.59. The van der Waals surface area contributed by atoms with Crippen LogP contribution in [0.15, 0.2) is 12.4 Å². The lowest BCUT2D eigenvalue weighted by atomic mass is 10.1. The molecule has 0 bridgehead atoms. The zero-order valence-corrected chi connectivity index (χ0v) is 8.85. The van der Waals surface area contributed by atoms with Gasteiger partial charge in [-0.1, -0.05) is 0 Å². The minimum absolute atomic E-state index is 0.288. The van der Waals surface area contributed by atoms with E-state index in [0.29, 0.717) is 6.01 Å². The van der Waals surface area contributed by atoms with Crippen LogP contribution in [0.1, 0.15) is 19.3 Å². The highest BCUT2D eigenvalue weighted by molar-refractivity contribution is 5.69. The molecule has 0 aliphatic carbocycles. The number of nitrogens with zero attached hydrogens (tertiary/aromatic N) is 3. The summed E-state index contributed by atoms with van der Waals surface area (Å²) in [5.41, 5.74) is 0. The maximum absolute atomic E-state index is 11.7. The number of hydrogen-bond acceptors (Lipinski definition) is 3. The fraction of sp³-hybridized carbons (Fsp3) is 0.600. The molecule has 0 atom stereocenters. The van der Waals surface area contributed by atoms with Gasteiger partial charge >= 0.3 is 12.1 Å². The van der Waals surface area contributed by atoms with Crippen LogP contribution in [-0.4, -0.2) is 33.6 Å². The van der Waals surface area contributed by atoms with Crippen molar-refractivity contribution in [3.63, 3.8) is 0 Å². The van der Waals surface area contributed by atoms with Crippen molar-refractivity contribution in [2.45, 2.75) is 19.3 Å². The van der Waals surface area contributed by atoms with Crippen molar-refractivity contribution >= 4 is 6.09 Å². The third kappa shape index (κ3) is 2.29. The van der Waals surface area contributed by atoms with E-state index in [-0.39, 0.29) is 6.09 Å². The van der Waals surface area contributed by atoms with Crippen LogP contribution >= 0.6 is 0 Å². The molecule has 15 heavy (non-hydrogen) atoms. The third-order valence-corrected chi connectivity index (χ3v) is 2.57. The number of aromatic nitrogens is 2. The van der Waals surface area contributed by atoms with Crippen molar-refractivity contribution in [2.75, 3.05) is 13.1 Å². The number of piperidine rings is 1. The second-order valence-corrected chi connectivity index (χ2v) is 3.74. The fourth-order valence-electron chi connectivity index (χ4n) is 1.67. The molecule has 0 saturated carbocycles. The molecule has 0 aromatic carbocycles. The zero-order valence-electron chi connectivity index (χ0n) is 8.85. The highest BCUT2D eigenvalue weighted by Crippen LogP contribution is 2.12. The standard InChI is InChI=1S/C10H15N3O2/c1-12-8-5-11-9(12)15-10(14)13-6-3-2-4-7-13/h5,8H,2-4,6-7H2,1H3. The van der Waals surface area contributed by atoms with Gasteiger partial charge in [-0.2, -0.15) is 0 Å². The van der Waals surface area contributed by atoms with Crippen molar-refractivity contribution in [3.05, 3.63) is 12.4 Å². The summed E-state index contributed by atoms with van der Waals surface area (Å²) in [6.07, 6.45) is 6.40. The fourth-order valence-corrected chi connectivity index (χ4v) is 1.67. The first-order chi connectivity index (χ1) is 7.27. The van der Waals surface area contributed by atoms with E-state index in [2.05, 4.69) is 4.98 Å². The van der Waals surface area contributed by atoms with Gasteiger partial charge in [0.2, 0.25) is 0 Å². The Hall–Kier alpha value is -1.52. The van der Waals surface area contributed by atoms with Crippen molar-refractivity contribution in [1.82, 2.24) is 14.5 Å². The molecule has 2 heterocycles. The number of amides is 1. The molecule has 5 heteroatoms. The highest BCUT2D eigenvalue weighted by atomic mass is 16.6. The smallest absolute Gasteiger partial charge is 0.375 e. The Labute approximate surface area is 88.7 Å². The Morgan fingerprint density at radius 3 is 2.73 bits per heavy atom. The summed E-state index contributed by atoms with van der Waals surface area (Å²) < 4.78 is 6.85. The number of ether oxygens (including phenoxy) is 1. The Bertz CT molecular complexity index is 342. The van der Waals surface area contributed by atoms with Gasteiger partial charge in [-0.15, -0.1) is 0 Å². The topological polar surface area (TPSA) is 47.4 Å². The van der Waals surface area contributed by atoms with Gasteiger partial charge in [0, 0.05) is 32.5 Å². The second-order valence-electron chi connectivity index (χ2n) is 3.74. The summed E-state index contributed by atoms with van der Waals surface area (Å²) in [5.74, 6) is 0. The van der Waals surface area contributed by atoms with Gasteiger partial charge in [0.15, 0.2) is 0 Å². The van der Waals surface area contributed by atoms with Crippen molar-refractivity contribution in [1.29, 1.82) is 0 Å². The Morgan fingerprint density at radius 1 is 1.40 bits per heavy atom. The lowest BCUT2D eigenvalue weighted by molar-refractivity contribution is 0.138. The lowest BCUT2D eigenvalue weighted by Gasteiger charge is -2.25. The van der Waals surface area contributed by atoms with Crippen molar-refractivity contribution in [2.24, 2.45) is 7.05 Å². The van der Waals surface area contributed by atoms with Gasteiger partial charge < -0.3 is 14.2 Å². The minimum Gasteiger partial charge on any atom is -0.375 e. The van der Waals surface area contributed by atoms with Crippen LogP contribution in [0.3, 0.4) is 0 Å². The van der Waals surface area contributed by atoms with E-state index in [9.17, 15) is 4.79 Å². The van der Waals surface area contributed by atoms with E-state index >= 15 is 0 Å². The summed E-state index contributed by atoms with van der Waals surface area (Å²) in [7, 11) is 1.80. The number of carbonyl (C=O) groups is 1. The van der Waals surface area contributed by atoms with Crippen LogP contribution in [0.5, 0.6) is 6.01 Å². The molecule has 0 N–H and O–H groups in total. The maximum atomic E-state index is 11.7. The molecule has 1 aromatic heterocycles. The molecule has 1 aromatic rings. The number of rotatable bonds is 1. The summed E-state index contributed by atoms with van der Waals surface area (Å²) >= 11 is 0. The van der Waals surface area contributed by atoms with E-state index in [0.717, 1.165) is 25.9 Å². The quantitative estimate of drug-likeness (QED) is 0.702. The molecule has 0 spiro atoms. The van der Waals surface area contributed by atoms with E-state index in [1.165, 1.54) is 6.42 Å². The van der Waals surface area contributed by atoms with Crippen LogP contribution in [0.25, 0.3) is 0 Å². The Morgan fingerprint density at radius 2 is 2.13 bits per heavy atom. The van der Waals surface area contributed by atoms with Gasteiger partial charge in [-0.3, -0.25) is 0 Å². The molecule has 5 nitrogen and oxygen atoms in total. The molecule has 1 aliphatic rings. The van der Waals surface area contributed by atoms with Crippen LogP contribution in [0, 0.1) is 0 Å². The molecule has 82 valence electrons. The zero-order chi connectivity index (χ0) is 10.7. The normalized spacial score (nSPS) is 16.5. The van der Waals surface area contributed by atoms with E-state index in [4.69, 9.17) is 4.74 Å². The molecule has 0 radical (unpaired) electrons. The molecular formula is C10H15N3O2. The minimum atomic E-state index is -0.288. The van der Waals surface area contributed by atoms with Gasteiger partial charge in [-0.25, -0.2) is 9.78 Å². The third-order valence-electron chi connectivity index (χ3n) is 2.57. The predicted octanol–water partition coefficient (Wildman–Crippen LogP) is 1.40. The van der Waals surface area contributed by atoms with Crippen LogP contribution in [0.4, 0.5) is 4.79 Å². The van der Waals surface area contributed by atoms with Crippen LogP contribution in [-0.2, 0) is 7.05 Å². The molecule has 0 unspecified atom stereocenters. The SMILES string of the molecule is Cn1ccnc1OC(=O)N1CCCCC1. The summed E-state index contributed by atoms with van der Waals surface area (Å²) in [6, 6.07) is 0.352. The molecule has 1 amide bonds. The largest absolute Gasteiger partial charge is 0.417 e. The number of aryl methyl sites for hydroxylation is 1. The van der Waals surface area contributed by atoms with E-state index in [1.54, 1.807) is 28.9 Å². The molecular weight excluding hydrogens is 194 g/mol. The maximum Gasteiger partial charge on any atom is 0.417 e. The average molecular weight is 209 g/mol. The number of hydrogen-bond donors (Lipinski definition) is 0. The van der Waals surface area contributed by atoms with Gasteiger partial charge in [0.25, 0.3) is 0 Å². The van der Waals surface area contributed by atoms with Crippen molar-refractivity contribution in [3.8, 4) is 6.01 Å². The first kappa shape index (κ1) is 10.0. The molecule has 1 aliphatic heterocycles. The van der Waals surface area contributed by atoms with E-state index in [1.807, 2.05) is 0 Å². The Balaban J connectivity index is 1.94. The molecule has 1 fully saturated rings. The second kappa shape index (κ2) is 4.33. The summed E-state index contributed by atoms with van der Waals surface area (Å²) in [5, 5.41) is 0. The number of carbonyl (C=O) groups excluding carboxylic acids is 1. The van der Waals surface area contributed by atoms with Crippen LogP contribution < -0.4 is 4.74 Å². The molecule has 2 rings (SSSR count). The lowest BCUT2D eigenvalue weighted by Crippen LogP contribution is -2.38. The first-order valence-electron chi connectivity index (χ1n) is 5.21. The Kier molecular flexibility index (Phi) is 2.89. The molecule has 1 saturated heterocycles. The number of imidazole rings is 1. The van der Waals surface area contributed by atoms with E-state index < -0.39 is 0 Å². The predicted molar refractivity (Wildman–Crippen MR) is 54.7 cm³/mol. The van der Waals surface area contributed by atoms with Crippen molar-refractivity contribution < 1.29 is 9.53 Å². The highest BCUT2D eigenvalue weighted by Gasteiger charge is 2.19. The van der Waals surface area contributed by atoms with Gasteiger partial charge in [-0.05, 0) is 19.3 Å². The summed E-state index contributed by atoms with van der Waals surface area (Å²) in [4.78, 5) is 17.3. The van der Waals surface area contributed by atoms with Gasteiger partial charge in [0.1, 0.15) is 0 Å². The monoisotopic (exact) mass is 209 g/mol. The van der Waals surface area contributed by atoms with Crippen LogP contribution in [0.2, 0.25) is 0 Å². The first-order valence-corrected chi connectivity index (χ1v) is 5.21. The average Bonchev–Trinajstić information content (AvgIpc) is 2.66. The number of likely N-dealkylation sites (tertiary alicyclic amines) is 1. The van der Waals surface area contributed by atoms with Gasteiger partial charge in [0.05, 0.1) is 0 Å².